The Bertz CT molecular complexity index is 330. The minimum atomic E-state index is -1.71. The number of benzene rings is 1. The number of carbonyl (C=O) groups excluding carboxylic acids is 1. The molecular formula is C11H13Cl3OP+. The van der Waals surface area contributed by atoms with E-state index in [9.17, 15) is 4.79 Å². The van der Waals surface area contributed by atoms with Gasteiger partial charge in [0.2, 0.25) is 0 Å². The van der Waals surface area contributed by atoms with Gasteiger partial charge in [0.15, 0.2) is 5.78 Å². The summed E-state index contributed by atoms with van der Waals surface area (Å²) in [4.78, 5) is 12.0. The molecule has 0 aromatic heterocycles. The topological polar surface area (TPSA) is 17.1 Å². The van der Waals surface area contributed by atoms with Crippen molar-refractivity contribution in [3.63, 3.8) is 0 Å². The van der Waals surface area contributed by atoms with Crippen molar-refractivity contribution in [2.75, 3.05) is 23.0 Å². The first-order valence-electron chi connectivity index (χ1n) is 4.79. The van der Waals surface area contributed by atoms with Crippen molar-refractivity contribution in [2.24, 2.45) is 0 Å². The highest BCUT2D eigenvalue weighted by Gasteiger charge is 2.37. The highest BCUT2D eigenvalue weighted by molar-refractivity contribution is 7.80. The number of carbonyl (C=O) groups is 1. The lowest BCUT2D eigenvalue weighted by atomic mass is 10.2. The molecule has 0 aliphatic rings. The molecule has 0 bridgehead atoms. The van der Waals surface area contributed by atoms with Crippen molar-refractivity contribution >= 4 is 47.8 Å². The molecule has 0 N–H and O–H groups in total. The fourth-order valence-electron chi connectivity index (χ4n) is 1.24. The molecular weight excluding hydrogens is 285 g/mol. The van der Waals surface area contributed by atoms with Crippen LogP contribution in [0.5, 0.6) is 0 Å². The van der Waals surface area contributed by atoms with Crippen molar-refractivity contribution in [3.8, 4) is 0 Å². The van der Waals surface area contributed by atoms with Gasteiger partial charge < -0.3 is 0 Å². The summed E-state index contributed by atoms with van der Waals surface area (Å²) in [6.45, 7) is 0. The van der Waals surface area contributed by atoms with Crippen molar-refractivity contribution in [1.82, 2.24) is 0 Å². The standard InChI is InChI=1S/C11H13Cl3OP/c12-7-16(8-13,9-14)6-11(15)10-4-2-1-3-5-10/h1-5H,6-9H2/q+1. The molecule has 0 amide bonds. The number of alkyl halides is 3. The van der Waals surface area contributed by atoms with Gasteiger partial charge in [0.25, 0.3) is 0 Å². The Labute approximate surface area is 111 Å². The summed E-state index contributed by atoms with van der Waals surface area (Å²) in [5, 5.41) is 0. The zero-order chi connectivity index (χ0) is 12.0. The molecule has 1 nitrogen and oxygen atoms in total. The van der Waals surface area contributed by atoms with Crippen LogP contribution in [-0.4, -0.2) is 28.8 Å². The molecule has 0 atom stereocenters. The van der Waals surface area contributed by atoms with Gasteiger partial charge in [0.1, 0.15) is 23.0 Å². The second-order valence-electron chi connectivity index (χ2n) is 3.65. The molecule has 88 valence electrons. The monoisotopic (exact) mass is 297 g/mol. The lowest BCUT2D eigenvalue weighted by Crippen LogP contribution is -2.13. The molecule has 0 aliphatic heterocycles. The molecule has 1 aromatic rings. The van der Waals surface area contributed by atoms with Crippen LogP contribution in [0, 0.1) is 0 Å². The van der Waals surface area contributed by atoms with E-state index in [-0.39, 0.29) is 5.78 Å². The van der Waals surface area contributed by atoms with Crippen LogP contribution in [-0.2, 0) is 0 Å². The molecule has 16 heavy (non-hydrogen) atoms. The van der Waals surface area contributed by atoms with Gasteiger partial charge in [-0.05, 0) is 0 Å². The van der Waals surface area contributed by atoms with Crippen molar-refractivity contribution in [3.05, 3.63) is 35.9 Å². The average Bonchev–Trinajstić information content (AvgIpc) is 2.37. The Balaban J connectivity index is 2.77. The Morgan fingerprint density at radius 3 is 1.94 bits per heavy atom. The maximum absolute atomic E-state index is 12.0. The van der Waals surface area contributed by atoms with E-state index >= 15 is 0 Å². The number of hydrogen-bond donors (Lipinski definition) is 0. The first-order chi connectivity index (χ1) is 7.67. The van der Waals surface area contributed by atoms with Crippen LogP contribution in [0.4, 0.5) is 0 Å². The van der Waals surface area contributed by atoms with E-state index in [0.717, 1.165) is 0 Å². The van der Waals surface area contributed by atoms with Crippen LogP contribution in [0.3, 0.4) is 0 Å². The third kappa shape index (κ3) is 3.60. The Morgan fingerprint density at radius 1 is 1.00 bits per heavy atom. The van der Waals surface area contributed by atoms with Crippen molar-refractivity contribution in [1.29, 1.82) is 0 Å². The zero-order valence-electron chi connectivity index (χ0n) is 8.70. The van der Waals surface area contributed by atoms with Crippen LogP contribution in [0.25, 0.3) is 0 Å². The summed E-state index contributed by atoms with van der Waals surface area (Å²) in [7, 11) is -1.71. The van der Waals surface area contributed by atoms with E-state index < -0.39 is 7.26 Å². The summed E-state index contributed by atoms with van der Waals surface area (Å²) >= 11 is 17.7. The SMILES string of the molecule is O=C(C[P+](CCl)(CCl)CCl)c1ccccc1. The lowest BCUT2D eigenvalue weighted by Gasteiger charge is -2.18. The van der Waals surface area contributed by atoms with E-state index in [1.807, 2.05) is 18.2 Å². The minimum Gasteiger partial charge on any atom is -0.290 e. The minimum absolute atomic E-state index is 0.0795. The quantitative estimate of drug-likeness (QED) is 0.430. The largest absolute Gasteiger partial charge is 0.290 e. The predicted molar refractivity (Wildman–Crippen MR) is 74.7 cm³/mol. The van der Waals surface area contributed by atoms with Gasteiger partial charge >= 0.3 is 0 Å². The van der Waals surface area contributed by atoms with Crippen LogP contribution in [0.1, 0.15) is 10.4 Å². The second-order valence-corrected chi connectivity index (χ2v) is 9.52. The van der Waals surface area contributed by atoms with Gasteiger partial charge in [-0.3, -0.25) is 4.79 Å². The van der Waals surface area contributed by atoms with E-state index in [4.69, 9.17) is 34.8 Å². The highest BCUT2D eigenvalue weighted by atomic mass is 35.5. The molecule has 0 radical (unpaired) electrons. The Kier molecular flexibility index (Phi) is 6.07. The number of rotatable bonds is 6. The van der Waals surface area contributed by atoms with E-state index in [0.29, 0.717) is 28.6 Å². The van der Waals surface area contributed by atoms with Crippen LogP contribution in [0.15, 0.2) is 30.3 Å². The lowest BCUT2D eigenvalue weighted by molar-refractivity contribution is 0.102. The summed E-state index contributed by atoms with van der Waals surface area (Å²) in [5.41, 5.74) is 1.91. The summed E-state index contributed by atoms with van der Waals surface area (Å²) in [5.74, 6) is 0.0795. The molecule has 0 unspecified atom stereocenters. The second kappa shape index (κ2) is 6.81. The average molecular weight is 299 g/mol. The van der Waals surface area contributed by atoms with E-state index in [2.05, 4.69) is 0 Å². The van der Waals surface area contributed by atoms with Gasteiger partial charge in [-0.25, -0.2) is 0 Å². The number of Topliss-reactive ketones (excluding diaryl/α,β-unsaturated/α-hetero) is 1. The predicted octanol–water partition coefficient (Wildman–Crippen LogP) is 4.48. The molecule has 5 heteroatoms. The summed E-state index contributed by atoms with van der Waals surface area (Å²) in [6.07, 6.45) is 0.396. The Morgan fingerprint density at radius 2 is 1.50 bits per heavy atom. The molecule has 1 rings (SSSR count). The van der Waals surface area contributed by atoms with Crippen molar-refractivity contribution < 1.29 is 4.79 Å². The highest BCUT2D eigenvalue weighted by Crippen LogP contribution is 2.61. The molecule has 0 heterocycles. The van der Waals surface area contributed by atoms with Gasteiger partial charge in [-0.15, -0.1) is 0 Å². The van der Waals surface area contributed by atoms with Gasteiger partial charge in [-0.1, -0.05) is 65.1 Å². The number of hydrogen-bond acceptors (Lipinski definition) is 1. The number of ketones is 1. The summed E-state index contributed by atoms with van der Waals surface area (Å²) in [6, 6.07) is 9.16. The molecule has 0 saturated heterocycles. The zero-order valence-corrected chi connectivity index (χ0v) is 11.9. The third-order valence-electron chi connectivity index (χ3n) is 2.34. The summed E-state index contributed by atoms with van der Waals surface area (Å²) < 4.78 is 0. The van der Waals surface area contributed by atoms with Crippen LogP contribution < -0.4 is 0 Å². The van der Waals surface area contributed by atoms with E-state index in [1.54, 1.807) is 12.1 Å². The first-order valence-corrected chi connectivity index (χ1v) is 8.92. The fourth-order valence-corrected chi connectivity index (χ4v) is 5.54. The molecule has 0 aliphatic carbocycles. The normalized spacial score (nSPS) is 11.4. The first kappa shape index (κ1) is 14.3. The van der Waals surface area contributed by atoms with Gasteiger partial charge in [-0.2, -0.15) is 0 Å². The maximum atomic E-state index is 12.0. The van der Waals surface area contributed by atoms with Gasteiger partial charge in [0.05, 0.1) is 7.26 Å². The molecule has 1 aromatic carbocycles. The smallest absolute Gasteiger partial charge is 0.199 e. The third-order valence-corrected chi connectivity index (χ3v) is 9.38. The van der Waals surface area contributed by atoms with Crippen LogP contribution >= 0.6 is 42.1 Å². The molecule has 0 saturated carbocycles. The fraction of sp³-hybridized carbons (Fsp3) is 0.364. The molecule has 0 fully saturated rings. The Hall–Kier alpha value is 0.190. The van der Waals surface area contributed by atoms with Gasteiger partial charge in [0, 0.05) is 5.56 Å². The molecule has 0 spiro atoms. The maximum Gasteiger partial charge on any atom is 0.199 e. The van der Waals surface area contributed by atoms with Crippen LogP contribution in [0.2, 0.25) is 0 Å². The van der Waals surface area contributed by atoms with E-state index in [1.165, 1.54) is 0 Å². The number of halogens is 3. The van der Waals surface area contributed by atoms with Crippen molar-refractivity contribution in [2.45, 2.75) is 0 Å².